The third-order valence-corrected chi connectivity index (χ3v) is 3.02. The predicted octanol–water partition coefficient (Wildman–Crippen LogP) is 2.03. The van der Waals surface area contributed by atoms with Crippen LogP contribution in [-0.4, -0.2) is 30.8 Å². The summed E-state index contributed by atoms with van der Waals surface area (Å²) in [6, 6.07) is 1.69. The Bertz CT molecular complexity index is 489. The number of ether oxygens (including phenoxy) is 2. The van der Waals surface area contributed by atoms with Crippen molar-refractivity contribution in [2.45, 2.75) is 33.3 Å². The lowest BCUT2D eigenvalue weighted by atomic mass is 10.0. The van der Waals surface area contributed by atoms with Crippen LogP contribution in [-0.2, 0) is 4.79 Å². The third-order valence-electron chi connectivity index (χ3n) is 3.02. The highest BCUT2D eigenvalue weighted by Gasteiger charge is 2.25. The van der Waals surface area contributed by atoms with Crippen LogP contribution in [0.3, 0.4) is 0 Å². The van der Waals surface area contributed by atoms with Gasteiger partial charge in [0.2, 0.25) is 0 Å². The van der Waals surface area contributed by atoms with Gasteiger partial charge >= 0.3 is 0 Å². The lowest BCUT2D eigenvalue weighted by molar-refractivity contribution is -0.130. The van der Waals surface area contributed by atoms with E-state index in [1.165, 1.54) is 21.0 Å². The van der Waals surface area contributed by atoms with Crippen LogP contribution in [0.2, 0.25) is 0 Å². The molecule has 0 aromatic heterocycles. The van der Waals surface area contributed by atoms with Gasteiger partial charge in [-0.1, -0.05) is 0 Å². The second kappa shape index (κ2) is 5.48. The maximum atomic E-state index is 11.8. The number of nitrogens with one attached hydrogen (secondary N) is 1. The summed E-state index contributed by atoms with van der Waals surface area (Å²) in [7, 11) is 3.10. The lowest BCUT2D eigenvalue weighted by Crippen LogP contribution is -2.36. The largest absolute Gasteiger partial charge is 0.496 e. The molecule has 1 amide bonds. The van der Waals surface area contributed by atoms with Gasteiger partial charge in [-0.05, 0) is 38.8 Å². The van der Waals surface area contributed by atoms with Crippen molar-refractivity contribution in [2.24, 2.45) is 0 Å². The van der Waals surface area contributed by atoms with Crippen molar-refractivity contribution < 1.29 is 19.4 Å². The van der Waals surface area contributed by atoms with E-state index in [4.69, 9.17) is 9.47 Å². The van der Waals surface area contributed by atoms with Crippen molar-refractivity contribution in [1.29, 1.82) is 0 Å². The van der Waals surface area contributed by atoms with E-state index in [1.54, 1.807) is 13.2 Å². The number of methoxy groups -OCH3 is 2. The Morgan fingerprint density at radius 1 is 1.21 bits per heavy atom. The van der Waals surface area contributed by atoms with Crippen LogP contribution in [0.1, 0.15) is 25.0 Å². The van der Waals surface area contributed by atoms with Gasteiger partial charge in [0.15, 0.2) is 0 Å². The number of benzene rings is 1. The average molecular weight is 267 g/mol. The molecule has 0 aliphatic heterocycles. The number of carbonyl (C=O) groups is 1. The molecule has 0 fully saturated rings. The molecule has 0 radical (unpaired) electrons. The van der Waals surface area contributed by atoms with Crippen molar-refractivity contribution in [1.82, 2.24) is 0 Å². The fraction of sp³-hybridized carbons (Fsp3) is 0.500. The topological polar surface area (TPSA) is 67.8 Å². The molecule has 1 aromatic rings. The summed E-state index contributed by atoms with van der Waals surface area (Å²) in [5.74, 6) is 0.719. The molecule has 0 saturated carbocycles. The first-order valence-corrected chi connectivity index (χ1v) is 5.98. The molecule has 1 rings (SSSR count). The van der Waals surface area contributed by atoms with Crippen LogP contribution in [0, 0.1) is 13.8 Å². The quantitative estimate of drug-likeness (QED) is 0.876. The van der Waals surface area contributed by atoms with Gasteiger partial charge in [0.05, 0.1) is 19.9 Å². The molecule has 106 valence electrons. The van der Waals surface area contributed by atoms with Crippen LogP contribution >= 0.6 is 0 Å². The summed E-state index contributed by atoms with van der Waals surface area (Å²) < 4.78 is 10.6. The van der Waals surface area contributed by atoms with Crippen molar-refractivity contribution in [3.05, 3.63) is 17.2 Å². The lowest BCUT2D eigenvalue weighted by Gasteiger charge is -2.21. The Balaban J connectivity index is 3.27. The first-order chi connectivity index (χ1) is 8.72. The van der Waals surface area contributed by atoms with Crippen LogP contribution in [0.5, 0.6) is 11.5 Å². The Hall–Kier alpha value is -1.75. The van der Waals surface area contributed by atoms with Crippen LogP contribution in [0.15, 0.2) is 6.07 Å². The van der Waals surface area contributed by atoms with E-state index in [0.717, 1.165) is 11.1 Å². The number of aliphatic hydroxyl groups is 1. The molecule has 0 aliphatic carbocycles. The normalized spacial score (nSPS) is 11.1. The summed E-state index contributed by atoms with van der Waals surface area (Å²) in [6.07, 6.45) is 0. The van der Waals surface area contributed by atoms with Crippen LogP contribution in [0.25, 0.3) is 0 Å². The van der Waals surface area contributed by atoms with E-state index in [0.29, 0.717) is 17.2 Å². The summed E-state index contributed by atoms with van der Waals surface area (Å²) in [5, 5.41) is 12.3. The molecular weight excluding hydrogens is 246 g/mol. The zero-order valence-electron chi connectivity index (χ0n) is 12.2. The zero-order chi connectivity index (χ0) is 14.8. The second-order valence-electron chi connectivity index (χ2n) is 4.92. The Morgan fingerprint density at radius 2 is 1.79 bits per heavy atom. The molecular formula is C14H21NO4. The highest BCUT2D eigenvalue weighted by atomic mass is 16.5. The molecule has 0 bridgehead atoms. The van der Waals surface area contributed by atoms with Gasteiger partial charge in [0.1, 0.15) is 17.1 Å². The van der Waals surface area contributed by atoms with Crippen molar-refractivity contribution >= 4 is 11.6 Å². The van der Waals surface area contributed by atoms with Crippen molar-refractivity contribution in [3.63, 3.8) is 0 Å². The molecule has 5 heteroatoms. The summed E-state index contributed by atoms with van der Waals surface area (Å²) >= 11 is 0. The number of carbonyl (C=O) groups excluding carboxylic acids is 1. The first kappa shape index (κ1) is 15.3. The molecule has 2 N–H and O–H groups in total. The zero-order valence-corrected chi connectivity index (χ0v) is 12.2. The van der Waals surface area contributed by atoms with E-state index in [-0.39, 0.29) is 0 Å². The molecule has 0 unspecified atom stereocenters. The summed E-state index contributed by atoms with van der Waals surface area (Å²) in [4.78, 5) is 11.8. The van der Waals surface area contributed by atoms with Gasteiger partial charge in [-0.2, -0.15) is 0 Å². The minimum Gasteiger partial charge on any atom is -0.496 e. The Morgan fingerprint density at radius 3 is 2.21 bits per heavy atom. The van der Waals surface area contributed by atoms with E-state index >= 15 is 0 Å². The first-order valence-electron chi connectivity index (χ1n) is 5.98. The van der Waals surface area contributed by atoms with Crippen LogP contribution < -0.4 is 14.8 Å². The van der Waals surface area contributed by atoms with Gasteiger partial charge in [-0.25, -0.2) is 0 Å². The highest BCUT2D eigenvalue weighted by Crippen LogP contribution is 2.37. The second-order valence-corrected chi connectivity index (χ2v) is 4.92. The number of hydrogen-bond acceptors (Lipinski definition) is 4. The van der Waals surface area contributed by atoms with E-state index in [2.05, 4.69) is 5.32 Å². The van der Waals surface area contributed by atoms with E-state index in [9.17, 15) is 9.90 Å². The maximum Gasteiger partial charge on any atom is 0.255 e. The summed E-state index contributed by atoms with van der Waals surface area (Å²) in [6.45, 7) is 6.65. The fourth-order valence-electron chi connectivity index (χ4n) is 1.71. The maximum absolute atomic E-state index is 11.8. The van der Waals surface area contributed by atoms with E-state index < -0.39 is 11.5 Å². The third kappa shape index (κ3) is 3.17. The van der Waals surface area contributed by atoms with E-state index in [1.807, 2.05) is 13.8 Å². The fourth-order valence-corrected chi connectivity index (χ4v) is 1.71. The molecule has 5 nitrogen and oxygen atoms in total. The Labute approximate surface area is 113 Å². The number of amides is 1. The van der Waals surface area contributed by atoms with Gasteiger partial charge < -0.3 is 19.9 Å². The highest BCUT2D eigenvalue weighted by molar-refractivity contribution is 5.98. The minimum absolute atomic E-state index is 0.481. The average Bonchev–Trinajstić information content (AvgIpc) is 2.32. The molecule has 0 atom stereocenters. The monoisotopic (exact) mass is 267 g/mol. The standard InChI is InChI=1S/C14H21NO4/c1-8-9(2)12(19-6)10(7-11(8)18-5)15-13(16)14(3,4)17/h7,17H,1-6H3,(H,15,16). The number of rotatable bonds is 4. The van der Waals surface area contributed by atoms with Gasteiger partial charge in [-0.3, -0.25) is 4.79 Å². The summed E-state index contributed by atoms with van der Waals surface area (Å²) in [5.41, 5.74) is 0.847. The molecule has 1 aromatic carbocycles. The number of anilines is 1. The molecule has 0 saturated heterocycles. The van der Waals surface area contributed by atoms with Gasteiger partial charge in [0.25, 0.3) is 5.91 Å². The SMILES string of the molecule is COc1cc(NC(=O)C(C)(C)O)c(OC)c(C)c1C. The van der Waals surface area contributed by atoms with Crippen molar-refractivity contribution in [2.75, 3.05) is 19.5 Å². The number of hydrogen-bond donors (Lipinski definition) is 2. The van der Waals surface area contributed by atoms with Gasteiger partial charge in [0, 0.05) is 6.07 Å². The molecule has 19 heavy (non-hydrogen) atoms. The van der Waals surface area contributed by atoms with Crippen molar-refractivity contribution in [3.8, 4) is 11.5 Å². The van der Waals surface area contributed by atoms with Gasteiger partial charge in [-0.15, -0.1) is 0 Å². The Kier molecular flexibility index (Phi) is 4.42. The smallest absolute Gasteiger partial charge is 0.255 e. The molecule has 0 heterocycles. The minimum atomic E-state index is -1.46. The van der Waals surface area contributed by atoms with Crippen LogP contribution in [0.4, 0.5) is 5.69 Å². The molecule has 0 spiro atoms. The predicted molar refractivity (Wildman–Crippen MR) is 73.9 cm³/mol. The molecule has 0 aliphatic rings.